The van der Waals surface area contributed by atoms with Crippen LogP contribution in [0.15, 0.2) is 34.9 Å². The summed E-state index contributed by atoms with van der Waals surface area (Å²) in [5.41, 5.74) is 0.809. The molecule has 1 aromatic carbocycles. The highest BCUT2D eigenvalue weighted by molar-refractivity contribution is 6.08. The van der Waals surface area contributed by atoms with Gasteiger partial charge in [0.2, 0.25) is 11.8 Å². The monoisotopic (exact) mass is 515 g/mol. The Labute approximate surface area is 212 Å². The summed E-state index contributed by atoms with van der Waals surface area (Å²) in [6, 6.07) is 4.68. The Morgan fingerprint density at radius 2 is 1.84 bits per heavy atom. The first-order valence-electron chi connectivity index (χ1n) is 12.5. The molecule has 0 bridgehead atoms. The van der Waals surface area contributed by atoms with Gasteiger partial charge in [-0.3, -0.25) is 19.8 Å². The van der Waals surface area contributed by atoms with E-state index in [1.807, 2.05) is 6.92 Å². The number of halogens is 1. The van der Waals surface area contributed by atoms with Gasteiger partial charge in [-0.05, 0) is 57.3 Å². The molecule has 5 rings (SSSR count). The Kier molecular flexibility index (Phi) is 7.72. The van der Waals surface area contributed by atoms with Crippen LogP contribution in [-0.2, 0) is 19.2 Å². The van der Waals surface area contributed by atoms with Gasteiger partial charge in [-0.2, -0.15) is 0 Å². The SMILES string of the molecule is CCC12C(=O)NC(=O)C1CCCC2N1CCC(c2noc3cc(F)ccc23)CC1.O=C(O)/C=C/C(=O)O. The van der Waals surface area contributed by atoms with Crippen LogP contribution in [0.3, 0.4) is 0 Å². The van der Waals surface area contributed by atoms with E-state index >= 15 is 0 Å². The number of carbonyl (C=O) groups is 4. The Morgan fingerprint density at radius 1 is 1.16 bits per heavy atom. The minimum atomic E-state index is -1.26. The van der Waals surface area contributed by atoms with Gasteiger partial charge in [-0.15, -0.1) is 0 Å². The van der Waals surface area contributed by atoms with E-state index in [-0.39, 0.29) is 35.5 Å². The fraction of sp³-hybridized carbons (Fsp3) is 0.500. The molecule has 3 aliphatic rings. The average molecular weight is 516 g/mol. The lowest BCUT2D eigenvalue weighted by atomic mass is 9.62. The molecule has 3 heterocycles. The minimum absolute atomic E-state index is 0.0775. The first-order chi connectivity index (χ1) is 17.7. The first-order valence-corrected chi connectivity index (χ1v) is 12.5. The van der Waals surface area contributed by atoms with Crippen LogP contribution < -0.4 is 5.32 Å². The number of nitrogens with zero attached hydrogens (tertiary/aromatic N) is 2. The van der Waals surface area contributed by atoms with Crippen molar-refractivity contribution in [1.82, 2.24) is 15.4 Å². The number of nitrogens with one attached hydrogen (secondary N) is 1. The number of rotatable bonds is 5. The van der Waals surface area contributed by atoms with Crippen LogP contribution in [0.2, 0.25) is 0 Å². The number of fused-ring (bicyclic) bond motifs is 2. The average Bonchev–Trinajstić information content (AvgIpc) is 3.41. The summed E-state index contributed by atoms with van der Waals surface area (Å²) in [6.45, 7) is 3.76. The van der Waals surface area contributed by atoms with Gasteiger partial charge >= 0.3 is 11.9 Å². The molecule has 2 aromatic rings. The van der Waals surface area contributed by atoms with Crippen molar-refractivity contribution >= 4 is 34.7 Å². The highest BCUT2D eigenvalue weighted by Crippen LogP contribution is 2.50. The van der Waals surface area contributed by atoms with Crippen molar-refractivity contribution in [3.05, 3.63) is 41.9 Å². The molecule has 3 N–H and O–H groups in total. The van der Waals surface area contributed by atoms with Gasteiger partial charge in [0.25, 0.3) is 0 Å². The number of hydrogen-bond acceptors (Lipinski definition) is 7. The van der Waals surface area contributed by atoms with E-state index in [1.165, 1.54) is 12.1 Å². The van der Waals surface area contributed by atoms with Crippen LogP contribution in [0.5, 0.6) is 0 Å². The number of benzene rings is 1. The standard InChI is InChI=1S/C22H26FN3O3.C4H4O4/c1-2-22-16(20(27)24-21(22)28)4-3-5-18(22)26-10-8-13(9-11-26)19-15-7-6-14(23)12-17(15)29-25-19;5-3(6)1-2-4(7)8/h6-7,12-13,16,18H,2-5,8-11H2,1H3,(H,24,27,28);1-2H,(H,5,6)(H,7,8)/b;2-1+. The van der Waals surface area contributed by atoms with Gasteiger partial charge in [0.05, 0.1) is 17.0 Å². The molecule has 1 aliphatic carbocycles. The highest BCUT2D eigenvalue weighted by atomic mass is 19.1. The second-order valence-corrected chi connectivity index (χ2v) is 9.74. The predicted octanol–water partition coefficient (Wildman–Crippen LogP) is 3.08. The lowest BCUT2D eigenvalue weighted by molar-refractivity contribution is -0.138. The van der Waals surface area contributed by atoms with Gasteiger partial charge < -0.3 is 14.7 Å². The molecular formula is C26H30FN3O7. The number of carboxylic acid groups (broad SMARTS) is 2. The third-order valence-corrected chi connectivity index (χ3v) is 7.94. The zero-order chi connectivity index (χ0) is 26.7. The maximum absolute atomic E-state index is 13.4. The summed E-state index contributed by atoms with van der Waals surface area (Å²) in [5.74, 6) is -2.93. The number of imide groups is 1. The van der Waals surface area contributed by atoms with Crippen molar-refractivity contribution in [2.24, 2.45) is 11.3 Å². The summed E-state index contributed by atoms with van der Waals surface area (Å²) in [4.78, 5) is 46.7. The quantitative estimate of drug-likeness (QED) is 0.403. The molecule has 198 valence electrons. The van der Waals surface area contributed by atoms with E-state index < -0.39 is 17.4 Å². The van der Waals surface area contributed by atoms with Gasteiger partial charge in [-0.25, -0.2) is 14.0 Å². The Hall–Kier alpha value is -3.60. The van der Waals surface area contributed by atoms with Crippen molar-refractivity contribution in [1.29, 1.82) is 0 Å². The fourth-order valence-electron chi connectivity index (χ4n) is 6.26. The van der Waals surface area contributed by atoms with E-state index in [1.54, 1.807) is 6.07 Å². The van der Waals surface area contributed by atoms with E-state index in [4.69, 9.17) is 14.7 Å². The molecule has 11 heteroatoms. The molecule has 3 unspecified atom stereocenters. The number of carboxylic acids is 2. The largest absolute Gasteiger partial charge is 0.478 e. The van der Waals surface area contributed by atoms with Gasteiger partial charge in [-0.1, -0.05) is 18.5 Å². The molecule has 2 saturated heterocycles. The molecule has 3 fully saturated rings. The van der Waals surface area contributed by atoms with Crippen LogP contribution in [0, 0.1) is 17.2 Å². The van der Waals surface area contributed by atoms with Crippen LogP contribution in [0.25, 0.3) is 11.0 Å². The van der Waals surface area contributed by atoms with Crippen LogP contribution in [0.1, 0.15) is 57.1 Å². The molecule has 0 spiro atoms. The van der Waals surface area contributed by atoms with Crippen LogP contribution >= 0.6 is 0 Å². The van der Waals surface area contributed by atoms with E-state index in [0.717, 1.165) is 56.3 Å². The van der Waals surface area contributed by atoms with E-state index in [0.29, 0.717) is 24.2 Å². The van der Waals surface area contributed by atoms with Crippen molar-refractivity contribution in [3.8, 4) is 0 Å². The smallest absolute Gasteiger partial charge is 0.328 e. The Bertz CT molecular complexity index is 1220. The normalized spacial score (nSPS) is 26.5. The Balaban J connectivity index is 0.000000349. The Morgan fingerprint density at radius 3 is 2.46 bits per heavy atom. The molecule has 10 nitrogen and oxygen atoms in total. The zero-order valence-corrected chi connectivity index (χ0v) is 20.5. The maximum Gasteiger partial charge on any atom is 0.328 e. The molecule has 2 aliphatic heterocycles. The third kappa shape index (κ3) is 5.13. The summed E-state index contributed by atoms with van der Waals surface area (Å²) in [5, 5.41) is 23.4. The second kappa shape index (κ2) is 10.8. The number of aromatic nitrogens is 1. The zero-order valence-electron chi connectivity index (χ0n) is 20.5. The molecule has 2 amide bonds. The van der Waals surface area contributed by atoms with Crippen molar-refractivity contribution in [2.75, 3.05) is 13.1 Å². The molecule has 0 radical (unpaired) electrons. The second-order valence-electron chi connectivity index (χ2n) is 9.74. The number of carbonyl (C=O) groups excluding carboxylic acids is 2. The number of hydrogen-bond donors (Lipinski definition) is 3. The van der Waals surface area contributed by atoms with Crippen LogP contribution in [-0.4, -0.2) is 63.2 Å². The van der Waals surface area contributed by atoms with Gasteiger partial charge in [0.15, 0.2) is 5.58 Å². The molecule has 3 atom stereocenters. The number of piperidine rings is 1. The molecule has 37 heavy (non-hydrogen) atoms. The van der Waals surface area contributed by atoms with Crippen molar-refractivity contribution < 1.29 is 38.3 Å². The lowest BCUT2D eigenvalue weighted by Crippen LogP contribution is -2.57. The van der Waals surface area contributed by atoms with Crippen LogP contribution in [0.4, 0.5) is 4.39 Å². The maximum atomic E-state index is 13.4. The molecule has 1 aromatic heterocycles. The molecule has 1 saturated carbocycles. The van der Waals surface area contributed by atoms with Crippen molar-refractivity contribution in [2.45, 2.75) is 57.4 Å². The lowest BCUT2D eigenvalue weighted by Gasteiger charge is -2.49. The fourth-order valence-corrected chi connectivity index (χ4v) is 6.26. The van der Waals surface area contributed by atoms with Crippen molar-refractivity contribution in [3.63, 3.8) is 0 Å². The summed E-state index contributed by atoms with van der Waals surface area (Å²) >= 11 is 0. The summed E-state index contributed by atoms with van der Waals surface area (Å²) in [7, 11) is 0. The number of aliphatic carboxylic acids is 2. The highest BCUT2D eigenvalue weighted by Gasteiger charge is 2.60. The predicted molar refractivity (Wildman–Crippen MR) is 129 cm³/mol. The van der Waals surface area contributed by atoms with Gasteiger partial charge in [0, 0.05) is 35.6 Å². The third-order valence-electron chi connectivity index (χ3n) is 7.94. The minimum Gasteiger partial charge on any atom is -0.478 e. The van der Waals surface area contributed by atoms with E-state index in [2.05, 4.69) is 15.4 Å². The topological polar surface area (TPSA) is 150 Å². The van der Waals surface area contributed by atoms with Gasteiger partial charge in [0.1, 0.15) is 5.82 Å². The summed E-state index contributed by atoms with van der Waals surface area (Å²) in [6.07, 6.45) is 6.38. The summed E-state index contributed by atoms with van der Waals surface area (Å²) < 4.78 is 18.8. The molecular weight excluding hydrogens is 485 g/mol. The first kappa shape index (κ1) is 26.5. The van der Waals surface area contributed by atoms with E-state index in [9.17, 15) is 23.6 Å². The number of amides is 2. The number of likely N-dealkylation sites (tertiary alicyclic amines) is 1.